The lowest BCUT2D eigenvalue weighted by Gasteiger charge is -2.44. The average molecular weight is 339 g/mol. The van der Waals surface area contributed by atoms with Crippen molar-refractivity contribution in [2.24, 2.45) is 0 Å². The van der Waals surface area contributed by atoms with Crippen LogP contribution in [-0.2, 0) is 5.54 Å². The molecule has 4 rings (SSSR count). The van der Waals surface area contributed by atoms with E-state index in [9.17, 15) is 5.26 Å². The summed E-state index contributed by atoms with van der Waals surface area (Å²) in [5.41, 5.74) is 5.10. The summed E-state index contributed by atoms with van der Waals surface area (Å²) in [7, 11) is 0. The van der Waals surface area contributed by atoms with Gasteiger partial charge < -0.3 is 4.90 Å². The van der Waals surface area contributed by atoms with Crippen molar-refractivity contribution in [1.82, 2.24) is 10.2 Å². The molecule has 1 N–H and O–H groups in total. The number of hydrogen-bond acceptors (Lipinski definition) is 3. The molecule has 1 unspecified atom stereocenters. The topological polar surface area (TPSA) is 39.1 Å². The second-order valence-corrected chi connectivity index (χ2v) is 6.69. The summed E-state index contributed by atoms with van der Waals surface area (Å²) in [5, 5.41) is 12.9. The van der Waals surface area contributed by atoms with Crippen LogP contribution < -0.4 is 5.32 Å². The average Bonchev–Trinajstić information content (AvgIpc) is 3.18. The highest BCUT2D eigenvalue weighted by atomic mass is 15.3. The number of nitriles is 1. The molecule has 0 amide bonds. The molecule has 3 heteroatoms. The van der Waals surface area contributed by atoms with Crippen LogP contribution in [0.1, 0.15) is 17.5 Å². The Kier molecular flexibility index (Phi) is 4.20. The first-order chi connectivity index (χ1) is 12.8. The van der Waals surface area contributed by atoms with Crippen LogP contribution in [0.5, 0.6) is 0 Å². The summed E-state index contributed by atoms with van der Waals surface area (Å²) in [6.45, 7) is 5.70. The smallest absolute Gasteiger partial charge is 0.0991 e. The van der Waals surface area contributed by atoms with E-state index in [2.05, 4.69) is 59.3 Å². The maximum Gasteiger partial charge on any atom is 0.0991 e. The molecule has 2 aliphatic heterocycles. The van der Waals surface area contributed by atoms with Gasteiger partial charge in [0.15, 0.2) is 0 Å². The van der Waals surface area contributed by atoms with Crippen molar-refractivity contribution >= 4 is 0 Å². The van der Waals surface area contributed by atoms with Gasteiger partial charge in [0, 0.05) is 12.2 Å². The minimum absolute atomic E-state index is 0.297. The normalized spacial score (nSPS) is 21.0. The Hall–Kier alpha value is -3.09. The number of nitrogens with zero attached hydrogens (tertiary/aromatic N) is 2. The fourth-order valence-corrected chi connectivity index (χ4v) is 4.04. The highest BCUT2D eigenvalue weighted by molar-refractivity contribution is 5.71. The van der Waals surface area contributed by atoms with Crippen LogP contribution in [0.4, 0.5) is 0 Å². The Labute approximate surface area is 154 Å². The van der Waals surface area contributed by atoms with Crippen LogP contribution >= 0.6 is 0 Å². The monoisotopic (exact) mass is 339 g/mol. The molecule has 0 saturated carbocycles. The summed E-state index contributed by atoms with van der Waals surface area (Å²) in [5.74, 6) is 0. The zero-order valence-electron chi connectivity index (χ0n) is 14.7. The number of fused-ring (bicyclic) bond motifs is 1. The van der Waals surface area contributed by atoms with Crippen LogP contribution in [0.15, 0.2) is 85.1 Å². The van der Waals surface area contributed by atoms with Gasteiger partial charge in [-0.2, -0.15) is 5.26 Å². The van der Waals surface area contributed by atoms with Gasteiger partial charge in [-0.05, 0) is 41.3 Å². The molecule has 3 nitrogen and oxygen atoms in total. The molecule has 2 heterocycles. The third-order valence-corrected chi connectivity index (χ3v) is 5.22. The number of benzene rings is 2. The van der Waals surface area contributed by atoms with Crippen molar-refractivity contribution in [1.29, 1.82) is 5.26 Å². The van der Waals surface area contributed by atoms with Gasteiger partial charge in [-0.25, -0.2) is 0 Å². The van der Waals surface area contributed by atoms with Gasteiger partial charge in [-0.1, -0.05) is 54.6 Å². The lowest BCUT2D eigenvalue weighted by Crippen LogP contribution is -2.44. The van der Waals surface area contributed by atoms with Gasteiger partial charge >= 0.3 is 0 Å². The Morgan fingerprint density at radius 1 is 1.23 bits per heavy atom. The molecule has 1 saturated heterocycles. The van der Waals surface area contributed by atoms with E-state index in [1.807, 2.05) is 36.4 Å². The highest BCUT2D eigenvalue weighted by Crippen LogP contribution is 2.44. The molecule has 0 aliphatic carbocycles. The van der Waals surface area contributed by atoms with E-state index in [0.29, 0.717) is 5.56 Å². The highest BCUT2D eigenvalue weighted by Gasteiger charge is 2.41. The van der Waals surface area contributed by atoms with E-state index in [0.717, 1.165) is 30.8 Å². The fourth-order valence-electron chi connectivity index (χ4n) is 4.04. The van der Waals surface area contributed by atoms with Crippen LogP contribution in [0, 0.1) is 11.3 Å². The minimum atomic E-state index is -0.297. The van der Waals surface area contributed by atoms with E-state index >= 15 is 0 Å². The zero-order valence-corrected chi connectivity index (χ0v) is 14.7. The third kappa shape index (κ3) is 2.56. The lowest BCUT2D eigenvalue weighted by molar-refractivity contribution is 0.198. The first kappa shape index (κ1) is 16.4. The van der Waals surface area contributed by atoms with Gasteiger partial charge in [0.25, 0.3) is 0 Å². The lowest BCUT2D eigenvalue weighted by atomic mass is 9.78. The standard InChI is InChI=1S/C23H21N3/c1-2-12-23(13-6-9-20-16-25-17-26(20)23)22-11-10-18(15-24)14-21(22)19-7-4-3-5-8-19/h2-11,13-14,25H,1,12,16-17H2. The van der Waals surface area contributed by atoms with Crippen LogP contribution in [0.3, 0.4) is 0 Å². The van der Waals surface area contributed by atoms with E-state index < -0.39 is 0 Å². The number of allylic oxidation sites excluding steroid dienone is 2. The second-order valence-electron chi connectivity index (χ2n) is 6.69. The number of nitrogens with one attached hydrogen (secondary N) is 1. The Bertz CT molecular complexity index is 934. The Balaban J connectivity index is 1.96. The van der Waals surface area contributed by atoms with Gasteiger partial charge in [0.1, 0.15) is 0 Å². The van der Waals surface area contributed by atoms with Crippen molar-refractivity contribution in [2.45, 2.75) is 12.0 Å². The SMILES string of the molecule is C=CCC1(c2ccc(C#N)cc2-c2ccccc2)C=CC=C2CNCN21. The predicted octanol–water partition coefficient (Wildman–Crippen LogP) is 4.31. The first-order valence-corrected chi connectivity index (χ1v) is 8.86. The van der Waals surface area contributed by atoms with E-state index in [1.165, 1.54) is 11.3 Å². The Morgan fingerprint density at radius 2 is 2.08 bits per heavy atom. The quantitative estimate of drug-likeness (QED) is 0.844. The van der Waals surface area contributed by atoms with Crippen LogP contribution in [0.2, 0.25) is 0 Å². The molecule has 26 heavy (non-hydrogen) atoms. The van der Waals surface area contributed by atoms with Crippen LogP contribution in [0.25, 0.3) is 11.1 Å². The largest absolute Gasteiger partial charge is 0.347 e. The summed E-state index contributed by atoms with van der Waals surface area (Å²) >= 11 is 0. The molecular weight excluding hydrogens is 318 g/mol. The van der Waals surface area contributed by atoms with Crippen molar-refractivity contribution in [3.63, 3.8) is 0 Å². The van der Waals surface area contributed by atoms with E-state index in [1.54, 1.807) is 0 Å². The molecule has 2 aromatic rings. The molecule has 1 fully saturated rings. The molecule has 0 spiro atoms. The second kappa shape index (κ2) is 6.67. The third-order valence-electron chi connectivity index (χ3n) is 5.22. The van der Waals surface area contributed by atoms with E-state index in [4.69, 9.17) is 0 Å². The minimum Gasteiger partial charge on any atom is -0.347 e. The first-order valence-electron chi connectivity index (χ1n) is 8.86. The molecular formula is C23H21N3. The van der Waals surface area contributed by atoms with Gasteiger partial charge in [0.05, 0.1) is 23.8 Å². The molecule has 2 aromatic carbocycles. The van der Waals surface area contributed by atoms with Gasteiger partial charge in [-0.3, -0.25) is 5.32 Å². The summed E-state index contributed by atoms with van der Waals surface area (Å²) in [6.07, 6.45) is 9.37. The maximum absolute atomic E-state index is 9.42. The van der Waals surface area contributed by atoms with Gasteiger partial charge in [0.2, 0.25) is 0 Å². The number of hydrogen-bond donors (Lipinski definition) is 1. The summed E-state index contributed by atoms with van der Waals surface area (Å²) in [4.78, 5) is 2.42. The molecule has 0 aromatic heterocycles. The van der Waals surface area contributed by atoms with E-state index in [-0.39, 0.29) is 5.54 Å². The van der Waals surface area contributed by atoms with Gasteiger partial charge in [-0.15, -0.1) is 6.58 Å². The molecule has 0 radical (unpaired) electrons. The van der Waals surface area contributed by atoms with Crippen molar-refractivity contribution < 1.29 is 0 Å². The Morgan fingerprint density at radius 3 is 2.85 bits per heavy atom. The molecule has 1 atom stereocenters. The zero-order chi connectivity index (χ0) is 18.0. The van der Waals surface area contributed by atoms with Crippen molar-refractivity contribution in [2.75, 3.05) is 13.2 Å². The molecule has 2 aliphatic rings. The number of rotatable bonds is 4. The summed E-state index contributed by atoms with van der Waals surface area (Å²) < 4.78 is 0. The maximum atomic E-state index is 9.42. The van der Waals surface area contributed by atoms with Crippen molar-refractivity contribution in [3.05, 3.63) is 96.2 Å². The van der Waals surface area contributed by atoms with Crippen LogP contribution in [-0.4, -0.2) is 18.1 Å². The summed E-state index contributed by atoms with van der Waals surface area (Å²) in [6, 6.07) is 18.6. The predicted molar refractivity (Wildman–Crippen MR) is 105 cm³/mol. The fraction of sp³-hybridized carbons (Fsp3) is 0.174. The van der Waals surface area contributed by atoms with Crippen molar-refractivity contribution in [3.8, 4) is 17.2 Å². The molecule has 128 valence electrons. The molecule has 0 bridgehead atoms.